The first-order chi connectivity index (χ1) is 14.2. The molecule has 146 valence electrons. The molecule has 4 rings (SSSR count). The van der Waals surface area contributed by atoms with Crippen molar-refractivity contribution in [2.24, 2.45) is 0 Å². The van der Waals surface area contributed by atoms with Gasteiger partial charge in [0.25, 0.3) is 0 Å². The molecule has 6 heteroatoms. The molecule has 1 saturated carbocycles. The summed E-state index contributed by atoms with van der Waals surface area (Å²) in [5.41, 5.74) is 3.35. The molecule has 0 bridgehead atoms. The summed E-state index contributed by atoms with van der Waals surface area (Å²) in [4.78, 5) is 13.6. The fraction of sp³-hybridized carbons (Fsp3) is 0.261. The number of terminal acetylenes is 1. The lowest BCUT2D eigenvalue weighted by molar-refractivity contribution is 0.126. The van der Waals surface area contributed by atoms with E-state index in [1.54, 1.807) is 12.4 Å². The molecule has 6 nitrogen and oxygen atoms in total. The topological polar surface area (TPSA) is 83.0 Å². The third-order valence-corrected chi connectivity index (χ3v) is 5.07. The summed E-state index contributed by atoms with van der Waals surface area (Å²) in [7, 11) is 0. The molecule has 0 aliphatic heterocycles. The Bertz CT molecular complexity index is 990. The molecule has 1 aliphatic rings. The van der Waals surface area contributed by atoms with Crippen LogP contribution in [-0.4, -0.2) is 32.2 Å². The van der Waals surface area contributed by atoms with Gasteiger partial charge >= 0.3 is 0 Å². The Labute approximate surface area is 170 Å². The zero-order valence-electron chi connectivity index (χ0n) is 16.0. The lowest BCUT2D eigenvalue weighted by Gasteiger charge is -2.27. The average molecular weight is 385 g/mol. The van der Waals surface area contributed by atoms with Crippen molar-refractivity contribution in [1.82, 2.24) is 15.0 Å². The molecule has 0 atom stereocenters. The molecule has 29 heavy (non-hydrogen) atoms. The van der Waals surface area contributed by atoms with Crippen LogP contribution in [0, 0.1) is 12.3 Å². The molecule has 3 aromatic rings. The molecule has 1 aromatic carbocycles. The fourth-order valence-corrected chi connectivity index (χ4v) is 3.45. The first-order valence-electron chi connectivity index (χ1n) is 9.78. The number of aliphatic hydroxyl groups is 1. The van der Waals surface area contributed by atoms with E-state index in [4.69, 9.17) is 11.4 Å². The molecule has 0 unspecified atom stereocenters. The largest absolute Gasteiger partial charge is 0.393 e. The van der Waals surface area contributed by atoms with E-state index in [2.05, 4.69) is 26.5 Å². The van der Waals surface area contributed by atoms with Crippen LogP contribution < -0.4 is 10.6 Å². The normalized spacial score (nSPS) is 18.6. The van der Waals surface area contributed by atoms with Crippen molar-refractivity contribution in [2.75, 3.05) is 10.6 Å². The highest BCUT2D eigenvalue weighted by Gasteiger charge is 2.21. The summed E-state index contributed by atoms with van der Waals surface area (Å²) >= 11 is 0. The maximum Gasteiger partial charge on any atom is 0.229 e. The standard InChI is InChI=1S/C23H23N5O/c1-2-16-6-8-18(9-7-16)27-23-25-15-20(21-5-3-4-14-24-21)22(28-23)26-17-10-12-19(29)13-11-17/h1,3-9,14-15,17,19,29H,10-13H2,(H2,25,26,27,28). The van der Waals surface area contributed by atoms with E-state index < -0.39 is 0 Å². The zero-order valence-corrected chi connectivity index (χ0v) is 16.0. The molecular formula is C23H23N5O. The van der Waals surface area contributed by atoms with Gasteiger partial charge < -0.3 is 15.7 Å². The Balaban J connectivity index is 1.61. The first kappa shape index (κ1) is 18.9. The Hall–Kier alpha value is -3.43. The zero-order chi connectivity index (χ0) is 20.1. The van der Waals surface area contributed by atoms with Crippen molar-refractivity contribution in [3.63, 3.8) is 0 Å². The van der Waals surface area contributed by atoms with E-state index in [9.17, 15) is 5.11 Å². The van der Waals surface area contributed by atoms with Gasteiger partial charge in [-0.3, -0.25) is 4.98 Å². The number of pyridine rings is 1. The minimum Gasteiger partial charge on any atom is -0.393 e. The summed E-state index contributed by atoms with van der Waals surface area (Å²) in [5.74, 6) is 3.84. The van der Waals surface area contributed by atoms with Crippen molar-refractivity contribution in [3.05, 3.63) is 60.4 Å². The second kappa shape index (κ2) is 8.72. The molecule has 0 spiro atoms. The molecule has 2 aromatic heterocycles. The number of nitrogens with zero attached hydrogens (tertiary/aromatic N) is 3. The highest BCUT2D eigenvalue weighted by molar-refractivity contribution is 5.73. The molecular weight excluding hydrogens is 362 g/mol. The van der Waals surface area contributed by atoms with Gasteiger partial charge in [0, 0.05) is 29.7 Å². The number of hydrogen-bond acceptors (Lipinski definition) is 6. The number of benzene rings is 1. The van der Waals surface area contributed by atoms with Crippen molar-refractivity contribution in [1.29, 1.82) is 0 Å². The van der Waals surface area contributed by atoms with Crippen LogP contribution in [0.5, 0.6) is 0 Å². The van der Waals surface area contributed by atoms with E-state index in [1.165, 1.54) is 0 Å². The van der Waals surface area contributed by atoms with Gasteiger partial charge in [0.2, 0.25) is 5.95 Å². The summed E-state index contributed by atoms with van der Waals surface area (Å²) in [5, 5.41) is 16.6. The van der Waals surface area contributed by atoms with Crippen LogP contribution in [0.2, 0.25) is 0 Å². The van der Waals surface area contributed by atoms with E-state index in [-0.39, 0.29) is 12.1 Å². The first-order valence-corrected chi connectivity index (χ1v) is 9.78. The quantitative estimate of drug-likeness (QED) is 0.576. The van der Waals surface area contributed by atoms with Crippen LogP contribution in [0.3, 0.4) is 0 Å². The summed E-state index contributed by atoms with van der Waals surface area (Å²) in [6, 6.07) is 13.6. The Morgan fingerprint density at radius 2 is 1.79 bits per heavy atom. The third kappa shape index (κ3) is 4.71. The number of aromatic nitrogens is 3. The lowest BCUT2D eigenvalue weighted by Crippen LogP contribution is -2.29. The Morgan fingerprint density at radius 3 is 2.48 bits per heavy atom. The average Bonchev–Trinajstić information content (AvgIpc) is 2.77. The van der Waals surface area contributed by atoms with Gasteiger partial charge in [0.05, 0.1) is 17.4 Å². The van der Waals surface area contributed by atoms with E-state index in [0.717, 1.165) is 54.0 Å². The van der Waals surface area contributed by atoms with Gasteiger partial charge in [-0.15, -0.1) is 6.42 Å². The number of nitrogens with one attached hydrogen (secondary N) is 2. The second-order valence-corrected chi connectivity index (χ2v) is 7.17. The van der Waals surface area contributed by atoms with Crippen molar-refractivity contribution < 1.29 is 5.11 Å². The monoisotopic (exact) mass is 385 g/mol. The van der Waals surface area contributed by atoms with Crippen LogP contribution >= 0.6 is 0 Å². The highest BCUT2D eigenvalue weighted by atomic mass is 16.3. The number of rotatable bonds is 5. The maximum absolute atomic E-state index is 9.79. The molecule has 1 aliphatic carbocycles. The summed E-state index contributed by atoms with van der Waals surface area (Å²) in [6.07, 6.45) is 12.2. The van der Waals surface area contributed by atoms with Crippen molar-refractivity contribution >= 4 is 17.5 Å². The van der Waals surface area contributed by atoms with E-state index >= 15 is 0 Å². The predicted molar refractivity (Wildman–Crippen MR) is 115 cm³/mol. The second-order valence-electron chi connectivity index (χ2n) is 7.17. The van der Waals surface area contributed by atoms with Crippen LogP contribution in [0.15, 0.2) is 54.9 Å². The summed E-state index contributed by atoms with van der Waals surface area (Å²) < 4.78 is 0. The van der Waals surface area contributed by atoms with Crippen LogP contribution in [0.25, 0.3) is 11.3 Å². The van der Waals surface area contributed by atoms with Gasteiger partial charge in [-0.1, -0.05) is 12.0 Å². The number of hydrogen-bond donors (Lipinski definition) is 3. The minimum absolute atomic E-state index is 0.197. The minimum atomic E-state index is -0.197. The lowest BCUT2D eigenvalue weighted by atomic mass is 9.93. The number of aliphatic hydroxyl groups excluding tert-OH is 1. The molecule has 2 heterocycles. The van der Waals surface area contributed by atoms with Crippen LogP contribution in [0.4, 0.5) is 17.5 Å². The van der Waals surface area contributed by atoms with E-state index in [0.29, 0.717) is 5.95 Å². The van der Waals surface area contributed by atoms with E-state index in [1.807, 2.05) is 42.5 Å². The third-order valence-electron chi connectivity index (χ3n) is 5.07. The van der Waals surface area contributed by atoms with Crippen molar-refractivity contribution in [2.45, 2.75) is 37.8 Å². The highest BCUT2D eigenvalue weighted by Crippen LogP contribution is 2.29. The van der Waals surface area contributed by atoms with Crippen LogP contribution in [0.1, 0.15) is 31.2 Å². The fourth-order valence-electron chi connectivity index (χ4n) is 3.45. The Morgan fingerprint density at radius 1 is 1.00 bits per heavy atom. The Kier molecular flexibility index (Phi) is 5.68. The maximum atomic E-state index is 9.79. The summed E-state index contributed by atoms with van der Waals surface area (Å²) in [6.45, 7) is 0. The van der Waals surface area contributed by atoms with Gasteiger partial charge in [-0.25, -0.2) is 4.98 Å². The molecule has 3 N–H and O–H groups in total. The molecule has 0 saturated heterocycles. The molecule has 0 amide bonds. The predicted octanol–water partition coefficient (Wildman–Crippen LogP) is 3.98. The molecule has 0 radical (unpaired) electrons. The van der Waals surface area contributed by atoms with Gasteiger partial charge in [0.15, 0.2) is 0 Å². The van der Waals surface area contributed by atoms with Gasteiger partial charge in [-0.05, 0) is 62.1 Å². The number of anilines is 3. The van der Waals surface area contributed by atoms with Crippen LogP contribution in [-0.2, 0) is 0 Å². The van der Waals surface area contributed by atoms with Gasteiger partial charge in [-0.2, -0.15) is 4.98 Å². The van der Waals surface area contributed by atoms with Crippen molar-refractivity contribution in [3.8, 4) is 23.6 Å². The molecule has 1 fully saturated rings. The SMILES string of the molecule is C#Cc1ccc(Nc2ncc(-c3ccccn3)c(NC3CCC(O)CC3)n2)cc1. The van der Waals surface area contributed by atoms with Gasteiger partial charge in [0.1, 0.15) is 5.82 Å². The smallest absolute Gasteiger partial charge is 0.229 e.